The summed E-state index contributed by atoms with van der Waals surface area (Å²) < 4.78 is 48.2. The zero-order valence-corrected chi connectivity index (χ0v) is 16.1. The van der Waals surface area contributed by atoms with Crippen LogP contribution in [0.1, 0.15) is 34.5 Å². The molecule has 0 aliphatic heterocycles. The Morgan fingerprint density at radius 3 is 2.24 bits per heavy atom. The Labute approximate surface area is 166 Å². The second kappa shape index (κ2) is 9.31. The number of carbonyl (C=O) groups excluding carboxylic acids is 2. The number of rotatable bonds is 7. The lowest BCUT2D eigenvalue weighted by Crippen LogP contribution is -2.38. The number of methoxy groups -OCH3 is 2. The quantitative estimate of drug-likeness (QED) is 0.734. The van der Waals surface area contributed by atoms with E-state index in [2.05, 4.69) is 10.6 Å². The highest BCUT2D eigenvalue weighted by atomic mass is 19.4. The van der Waals surface area contributed by atoms with Gasteiger partial charge in [0.05, 0.1) is 32.4 Å². The van der Waals surface area contributed by atoms with Crippen molar-refractivity contribution >= 4 is 11.8 Å². The zero-order valence-electron chi connectivity index (χ0n) is 16.1. The molecule has 2 N–H and O–H groups in total. The van der Waals surface area contributed by atoms with Crippen LogP contribution in [-0.4, -0.2) is 32.6 Å². The summed E-state index contributed by atoms with van der Waals surface area (Å²) in [7, 11) is 3.02. The Morgan fingerprint density at radius 2 is 1.69 bits per heavy atom. The first-order valence-electron chi connectivity index (χ1n) is 8.62. The van der Waals surface area contributed by atoms with Gasteiger partial charge in [-0.2, -0.15) is 13.2 Å². The maximum atomic E-state index is 12.6. The normalized spacial score (nSPS) is 12.1. The van der Waals surface area contributed by atoms with E-state index in [0.717, 1.165) is 24.3 Å². The third kappa shape index (κ3) is 5.87. The van der Waals surface area contributed by atoms with E-state index < -0.39 is 29.6 Å². The van der Waals surface area contributed by atoms with Crippen LogP contribution in [0.4, 0.5) is 13.2 Å². The van der Waals surface area contributed by atoms with Gasteiger partial charge < -0.3 is 20.1 Å². The van der Waals surface area contributed by atoms with Gasteiger partial charge in [0.2, 0.25) is 5.91 Å². The second-order valence-corrected chi connectivity index (χ2v) is 6.15. The van der Waals surface area contributed by atoms with Gasteiger partial charge in [-0.15, -0.1) is 0 Å². The minimum Gasteiger partial charge on any atom is -0.497 e. The van der Waals surface area contributed by atoms with Crippen LogP contribution in [0.5, 0.6) is 11.5 Å². The molecule has 0 fully saturated rings. The number of benzene rings is 2. The molecule has 0 unspecified atom stereocenters. The van der Waals surface area contributed by atoms with Crippen molar-refractivity contribution in [3.8, 4) is 11.5 Å². The number of nitrogens with one attached hydrogen (secondary N) is 2. The monoisotopic (exact) mass is 410 g/mol. The summed E-state index contributed by atoms with van der Waals surface area (Å²) >= 11 is 0. The number of ether oxygens (including phenoxy) is 2. The van der Waals surface area contributed by atoms with E-state index >= 15 is 0 Å². The molecule has 1 atom stereocenters. The average Bonchev–Trinajstić information content (AvgIpc) is 2.70. The van der Waals surface area contributed by atoms with Gasteiger partial charge in [-0.3, -0.25) is 9.59 Å². The van der Waals surface area contributed by atoms with Gasteiger partial charge in [0.25, 0.3) is 5.91 Å². The highest BCUT2D eigenvalue weighted by molar-refractivity contribution is 5.96. The van der Waals surface area contributed by atoms with Crippen LogP contribution in [0, 0.1) is 0 Å². The molecular weight excluding hydrogens is 389 g/mol. The summed E-state index contributed by atoms with van der Waals surface area (Å²) in [5.41, 5.74) is -0.143. The van der Waals surface area contributed by atoms with Crippen molar-refractivity contribution in [2.75, 3.05) is 20.8 Å². The lowest BCUT2D eigenvalue weighted by atomic mass is 10.1. The first kappa shape index (κ1) is 22.1. The van der Waals surface area contributed by atoms with Crippen molar-refractivity contribution < 1.29 is 32.2 Å². The summed E-state index contributed by atoms with van der Waals surface area (Å²) in [5.74, 6) is 0.0352. The van der Waals surface area contributed by atoms with E-state index in [1.54, 1.807) is 25.1 Å². The molecule has 0 bridgehead atoms. The third-order valence-electron chi connectivity index (χ3n) is 4.16. The van der Waals surface area contributed by atoms with Crippen molar-refractivity contribution in [1.82, 2.24) is 10.6 Å². The molecule has 0 saturated carbocycles. The molecule has 2 amide bonds. The van der Waals surface area contributed by atoms with Crippen LogP contribution in [0.3, 0.4) is 0 Å². The minimum absolute atomic E-state index is 0.0216. The van der Waals surface area contributed by atoms with Crippen LogP contribution >= 0.6 is 0 Å². The van der Waals surface area contributed by atoms with E-state index in [1.165, 1.54) is 14.2 Å². The summed E-state index contributed by atoms with van der Waals surface area (Å²) in [6.45, 7) is 1.41. The summed E-state index contributed by atoms with van der Waals surface area (Å²) in [5, 5.41) is 5.10. The molecule has 2 aromatic rings. The van der Waals surface area contributed by atoms with E-state index in [-0.39, 0.29) is 12.1 Å². The molecule has 156 valence electrons. The van der Waals surface area contributed by atoms with Gasteiger partial charge in [-0.1, -0.05) is 0 Å². The largest absolute Gasteiger partial charge is 0.497 e. The predicted molar refractivity (Wildman–Crippen MR) is 99.9 cm³/mol. The zero-order chi connectivity index (χ0) is 21.6. The lowest BCUT2D eigenvalue weighted by molar-refractivity contribution is -0.137. The van der Waals surface area contributed by atoms with Gasteiger partial charge in [0.1, 0.15) is 11.5 Å². The fraction of sp³-hybridized carbons (Fsp3) is 0.300. The van der Waals surface area contributed by atoms with Crippen molar-refractivity contribution in [1.29, 1.82) is 0 Å². The van der Waals surface area contributed by atoms with Crippen LogP contribution in [0.2, 0.25) is 0 Å². The minimum atomic E-state index is -4.48. The third-order valence-corrected chi connectivity index (χ3v) is 4.16. The van der Waals surface area contributed by atoms with Gasteiger partial charge in [0, 0.05) is 11.1 Å². The molecule has 29 heavy (non-hydrogen) atoms. The van der Waals surface area contributed by atoms with Crippen molar-refractivity contribution in [2.45, 2.75) is 19.1 Å². The van der Waals surface area contributed by atoms with Crippen LogP contribution in [0.25, 0.3) is 0 Å². The van der Waals surface area contributed by atoms with Crippen LogP contribution in [0.15, 0.2) is 42.5 Å². The smallest absolute Gasteiger partial charge is 0.416 e. The first-order valence-corrected chi connectivity index (χ1v) is 8.62. The summed E-state index contributed by atoms with van der Waals surface area (Å²) in [6, 6.07) is 8.46. The van der Waals surface area contributed by atoms with Crippen molar-refractivity contribution in [3.05, 3.63) is 59.2 Å². The van der Waals surface area contributed by atoms with Crippen molar-refractivity contribution in [2.24, 2.45) is 0 Å². The number of hydrogen-bond donors (Lipinski definition) is 2. The number of hydrogen-bond acceptors (Lipinski definition) is 4. The molecule has 0 radical (unpaired) electrons. The molecule has 0 saturated heterocycles. The molecule has 0 spiro atoms. The Hall–Kier alpha value is -3.23. The fourth-order valence-electron chi connectivity index (χ4n) is 2.62. The average molecular weight is 410 g/mol. The maximum absolute atomic E-state index is 12.6. The molecule has 0 aromatic heterocycles. The lowest BCUT2D eigenvalue weighted by Gasteiger charge is -2.18. The number of carbonyl (C=O) groups is 2. The standard InChI is InChI=1S/C20H21F3N2O4/c1-12(16-10-15(28-2)8-9-17(16)29-3)25-18(26)11-24-19(27)13-4-6-14(7-5-13)20(21,22)23/h4-10,12H,11H2,1-3H3,(H,24,27)(H,25,26)/t12-/m1/s1. The molecule has 9 heteroatoms. The SMILES string of the molecule is COc1ccc(OC)c([C@@H](C)NC(=O)CNC(=O)c2ccc(C(F)(F)F)cc2)c1. The molecule has 0 aliphatic rings. The Morgan fingerprint density at radius 1 is 1.03 bits per heavy atom. The summed E-state index contributed by atoms with van der Waals surface area (Å²) in [6.07, 6.45) is -4.48. The Bertz CT molecular complexity index is 867. The molecule has 2 aromatic carbocycles. The van der Waals surface area contributed by atoms with Gasteiger partial charge >= 0.3 is 6.18 Å². The van der Waals surface area contributed by atoms with Crippen LogP contribution < -0.4 is 20.1 Å². The van der Waals surface area contributed by atoms with Gasteiger partial charge in [-0.05, 0) is 49.4 Å². The first-order chi connectivity index (χ1) is 13.7. The number of amides is 2. The number of halogens is 3. The number of alkyl halides is 3. The van der Waals surface area contributed by atoms with E-state index in [9.17, 15) is 22.8 Å². The fourth-order valence-corrected chi connectivity index (χ4v) is 2.62. The van der Waals surface area contributed by atoms with E-state index in [4.69, 9.17) is 9.47 Å². The maximum Gasteiger partial charge on any atom is 0.416 e. The Balaban J connectivity index is 1.95. The van der Waals surface area contributed by atoms with Crippen LogP contribution in [-0.2, 0) is 11.0 Å². The predicted octanol–water partition coefficient (Wildman–Crippen LogP) is 3.33. The molecule has 0 heterocycles. The van der Waals surface area contributed by atoms with Gasteiger partial charge in [0.15, 0.2) is 0 Å². The molecule has 6 nitrogen and oxygen atoms in total. The molecule has 0 aliphatic carbocycles. The van der Waals surface area contributed by atoms with E-state index in [0.29, 0.717) is 17.1 Å². The molecular formula is C20H21F3N2O4. The van der Waals surface area contributed by atoms with Gasteiger partial charge in [-0.25, -0.2) is 0 Å². The van der Waals surface area contributed by atoms with Crippen molar-refractivity contribution in [3.63, 3.8) is 0 Å². The highest BCUT2D eigenvalue weighted by Crippen LogP contribution is 2.30. The topological polar surface area (TPSA) is 76.7 Å². The Kier molecular flexibility index (Phi) is 7.08. The summed E-state index contributed by atoms with van der Waals surface area (Å²) in [4.78, 5) is 24.2. The second-order valence-electron chi connectivity index (χ2n) is 6.15. The highest BCUT2D eigenvalue weighted by Gasteiger charge is 2.30. The molecule has 2 rings (SSSR count). The van der Waals surface area contributed by atoms with E-state index in [1.807, 2.05) is 0 Å².